The van der Waals surface area contributed by atoms with Crippen molar-refractivity contribution < 1.29 is 9.53 Å². The number of rotatable bonds is 3. The summed E-state index contributed by atoms with van der Waals surface area (Å²) < 4.78 is 5.63. The molecule has 3 heteroatoms. The molecule has 2 aliphatic heterocycles. The maximum Gasteiger partial charge on any atom is 0.410 e. The zero-order chi connectivity index (χ0) is 17.9. The SMILES string of the molecule is Cc1ccccc1C1=CC2CCCC(C1)N2C(=O)OCc1ccccc1. The number of aryl methyl sites for hydroxylation is 1. The second-order valence-corrected chi connectivity index (χ2v) is 7.31. The molecule has 1 amide bonds. The molecule has 0 aliphatic carbocycles. The van der Waals surface area contributed by atoms with Crippen LogP contribution in [0.1, 0.15) is 42.4 Å². The predicted molar refractivity (Wildman–Crippen MR) is 104 cm³/mol. The zero-order valence-electron chi connectivity index (χ0n) is 15.2. The van der Waals surface area contributed by atoms with Gasteiger partial charge in [0.2, 0.25) is 0 Å². The molecule has 26 heavy (non-hydrogen) atoms. The molecule has 2 unspecified atom stereocenters. The molecule has 0 radical (unpaired) electrons. The van der Waals surface area contributed by atoms with Gasteiger partial charge < -0.3 is 4.74 Å². The number of carbonyl (C=O) groups is 1. The Morgan fingerprint density at radius 3 is 2.62 bits per heavy atom. The van der Waals surface area contributed by atoms with Gasteiger partial charge in [-0.2, -0.15) is 0 Å². The largest absolute Gasteiger partial charge is 0.445 e. The molecule has 0 saturated carbocycles. The molecular weight excluding hydrogens is 322 g/mol. The maximum atomic E-state index is 12.8. The van der Waals surface area contributed by atoms with Crippen molar-refractivity contribution in [2.75, 3.05) is 0 Å². The fourth-order valence-electron chi connectivity index (χ4n) is 4.24. The van der Waals surface area contributed by atoms with Crippen molar-refractivity contribution in [3.8, 4) is 0 Å². The molecule has 1 fully saturated rings. The van der Waals surface area contributed by atoms with E-state index in [1.807, 2.05) is 35.2 Å². The summed E-state index contributed by atoms with van der Waals surface area (Å²) in [6, 6.07) is 18.8. The van der Waals surface area contributed by atoms with Gasteiger partial charge in [0, 0.05) is 6.04 Å². The third-order valence-electron chi connectivity index (χ3n) is 5.54. The van der Waals surface area contributed by atoms with E-state index >= 15 is 0 Å². The standard InChI is InChI=1S/C23H25NO2/c1-17-8-5-6-13-22(17)19-14-20-11-7-12-21(15-19)24(20)23(25)26-16-18-9-3-2-4-10-18/h2-6,8-10,13-14,20-21H,7,11-12,15-16H2,1H3. The van der Waals surface area contributed by atoms with E-state index in [-0.39, 0.29) is 18.2 Å². The van der Waals surface area contributed by atoms with E-state index in [1.165, 1.54) is 23.1 Å². The average molecular weight is 347 g/mol. The molecule has 134 valence electrons. The van der Waals surface area contributed by atoms with Crippen LogP contribution in [0.3, 0.4) is 0 Å². The lowest BCUT2D eigenvalue weighted by Crippen LogP contribution is -2.51. The normalized spacial score (nSPS) is 21.9. The first-order valence-corrected chi connectivity index (χ1v) is 9.48. The Labute approximate surface area is 155 Å². The fourth-order valence-corrected chi connectivity index (χ4v) is 4.24. The number of amides is 1. The van der Waals surface area contributed by atoms with Gasteiger partial charge in [0.25, 0.3) is 0 Å². The fraction of sp³-hybridized carbons (Fsp3) is 0.348. The second-order valence-electron chi connectivity index (χ2n) is 7.31. The Morgan fingerprint density at radius 1 is 1.08 bits per heavy atom. The first-order chi connectivity index (χ1) is 12.7. The van der Waals surface area contributed by atoms with E-state index in [1.54, 1.807) is 0 Å². The maximum absolute atomic E-state index is 12.8. The summed E-state index contributed by atoms with van der Waals surface area (Å²) in [6.07, 6.45) is 6.29. The first kappa shape index (κ1) is 16.9. The Morgan fingerprint density at radius 2 is 1.85 bits per heavy atom. The first-order valence-electron chi connectivity index (χ1n) is 9.48. The Balaban J connectivity index is 1.51. The predicted octanol–water partition coefficient (Wildman–Crippen LogP) is 5.34. The highest BCUT2D eigenvalue weighted by molar-refractivity contribution is 5.75. The molecule has 0 spiro atoms. The number of ether oxygens (including phenoxy) is 1. The number of benzene rings is 2. The third-order valence-corrected chi connectivity index (χ3v) is 5.54. The van der Waals surface area contributed by atoms with E-state index in [9.17, 15) is 4.79 Å². The highest BCUT2D eigenvalue weighted by Crippen LogP contribution is 2.38. The van der Waals surface area contributed by atoms with Crippen molar-refractivity contribution in [2.45, 2.75) is 51.3 Å². The molecule has 2 aromatic carbocycles. The molecule has 2 aliphatic rings. The van der Waals surface area contributed by atoms with Crippen molar-refractivity contribution in [3.63, 3.8) is 0 Å². The Bertz CT molecular complexity index is 812. The van der Waals surface area contributed by atoms with E-state index < -0.39 is 0 Å². The topological polar surface area (TPSA) is 29.5 Å². The van der Waals surface area contributed by atoms with Crippen molar-refractivity contribution >= 4 is 11.7 Å². The van der Waals surface area contributed by atoms with Crippen LogP contribution in [0.4, 0.5) is 4.79 Å². The molecule has 2 heterocycles. The summed E-state index contributed by atoms with van der Waals surface area (Å²) in [5, 5.41) is 0. The number of nitrogens with zero attached hydrogens (tertiary/aromatic N) is 1. The van der Waals surface area contributed by atoms with Gasteiger partial charge in [0.1, 0.15) is 6.61 Å². The van der Waals surface area contributed by atoms with Crippen molar-refractivity contribution in [2.24, 2.45) is 0 Å². The lowest BCUT2D eigenvalue weighted by Gasteiger charge is -2.44. The van der Waals surface area contributed by atoms with Crippen molar-refractivity contribution in [3.05, 3.63) is 77.4 Å². The molecule has 3 nitrogen and oxygen atoms in total. The van der Waals surface area contributed by atoms with Crippen LogP contribution in [0, 0.1) is 6.92 Å². The number of piperidine rings is 1. The zero-order valence-corrected chi connectivity index (χ0v) is 15.2. The van der Waals surface area contributed by atoms with E-state index in [2.05, 4.69) is 37.3 Å². The Kier molecular flexibility index (Phi) is 4.79. The molecule has 1 saturated heterocycles. The lowest BCUT2D eigenvalue weighted by atomic mass is 9.82. The molecule has 2 bridgehead atoms. The quantitative estimate of drug-likeness (QED) is 0.750. The minimum absolute atomic E-state index is 0.153. The van der Waals surface area contributed by atoms with E-state index in [0.717, 1.165) is 24.8 Å². The number of fused-ring (bicyclic) bond motifs is 2. The van der Waals surface area contributed by atoms with Crippen LogP contribution >= 0.6 is 0 Å². The average Bonchev–Trinajstić information content (AvgIpc) is 2.66. The summed E-state index contributed by atoms with van der Waals surface area (Å²) >= 11 is 0. The van der Waals surface area contributed by atoms with Gasteiger partial charge in [-0.3, -0.25) is 4.90 Å². The number of hydrogen-bond donors (Lipinski definition) is 0. The lowest BCUT2D eigenvalue weighted by molar-refractivity contribution is 0.0510. The summed E-state index contributed by atoms with van der Waals surface area (Å²) in [7, 11) is 0. The van der Waals surface area contributed by atoms with Crippen LogP contribution < -0.4 is 0 Å². The van der Waals surface area contributed by atoms with Crippen LogP contribution in [0.2, 0.25) is 0 Å². The summed E-state index contributed by atoms with van der Waals surface area (Å²) in [5.41, 5.74) is 5.03. The van der Waals surface area contributed by atoms with Crippen molar-refractivity contribution in [1.29, 1.82) is 0 Å². The summed E-state index contributed by atoms with van der Waals surface area (Å²) in [4.78, 5) is 14.7. The number of hydrogen-bond acceptors (Lipinski definition) is 2. The minimum Gasteiger partial charge on any atom is -0.445 e. The van der Waals surface area contributed by atoms with Crippen LogP contribution in [-0.4, -0.2) is 23.1 Å². The van der Waals surface area contributed by atoms with Gasteiger partial charge in [-0.1, -0.05) is 60.7 Å². The highest BCUT2D eigenvalue weighted by atomic mass is 16.6. The second kappa shape index (κ2) is 7.36. The smallest absolute Gasteiger partial charge is 0.410 e. The van der Waals surface area contributed by atoms with Crippen LogP contribution in [0.5, 0.6) is 0 Å². The Hall–Kier alpha value is -2.55. The van der Waals surface area contributed by atoms with Crippen LogP contribution in [0.25, 0.3) is 5.57 Å². The summed E-state index contributed by atoms with van der Waals surface area (Å²) in [5.74, 6) is 0. The summed E-state index contributed by atoms with van der Waals surface area (Å²) in [6.45, 7) is 2.50. The highest BCUT2D eigenvalue weighted by Gasteiger charge is 2.38. The van der Waals surface area contributed by atoms with E-state index in [4.69, 9.17) is 4.74 Å². The van der Waals surface area contributed by atoms with Gasteiger partial charge in [0.15, 0.2) is 0 Å². The van der Waals surface area contributed by atoms with Crippen molar-refractivity contribution in [1.82, 2.24) is 4.90 Å². The monoisotopic (exact) mass is 347 g/mol. The van der Waals surface area contributed by atoms with Gasteiger partial charge >= 0.3 is 6.09 Å². The molecule has 0 N–H and O–H groups in total. The van der Waals surface area contributed by atoms with Gasteiger partial charge in [-0.05, 0) is 54.9 Å². The minimum atomic E-state index is -0.177. The van der Waals surface area contributed by atoms with Gasteiger partial charge in [-0.25, -0.2) is 4.79 Å². The van der Waals surface area contributed by atoms with Crippen LogP contribution in [0.15, 0.2) is 60.7 Å². The van der Waals surface area contributed by atoms with Crippen LogP contribution in [-0.2, 0) is 11.3 Å². The van der Waals surface area contributed by atoms with Gasteiger partial charge in [-0.15, -0.1) is 0 Å². The molecular formula is C23H25NO2. The number of carbonyl (C=O) groups excluding carboxylic acids is 1. The molecule has 0 aromatic heterocycles. The van der Waals surface area contributed by atoms with Gasteiger partial charge in [0.05, 0.1) is 6.04 Å². The third kappa shape index (κ3) is 3.39. The van der Waals surface area contributed by atoms with E-state index in [0.29, 0.717) is 6.61 Å². The molecule has 4 rings (SSSR count). The molecule has 2 atom stereocenters. The molecule has 2 aromatic rings.